The van der Waals surface area contributed by atoms with Gasteiger partial charge in [0.25, 0.3) is 0 Å². The Kier molecular flexibility index (Phi) is 5.15. The molecule has 1 aromatic rings. The third-order valence-corrected chi connectivity index (χ3v) is 3.30. The molecule has 1 aromatic heterocycles. The molecule has 2 heterocycles. The van der Waals surface area contributed by atoms with Crippen molar-refractivity contribution in [3.63, 3.8) is 0 Å². The molecule has 1 aliphatic rings. The van der Waals surface area contributed by atoms with Crippen LogP contribution in [0, 0.1) is 0 Å². The summed E-state index contributed by atoms with van der Waals surface area (Å²) in [7, 11) is 0. The maximum Gasteiger partial charge on any atom is 0.317 e. The molecular formula is C14H22N4O. The first-order chi connectivity index (χ1) is 9.29. The molecule has 1 saturated heterocycles. The highest BCUT2D eigenvalue weighted by molar-refractivity contribution is 5.74. The second kappa shape index (κ2) is 7.09. The molecule has 0 bridgehead atoms. The fourth-order valence-electron chi connectivity index (χ4n) is 2.17. The number of nitrogens with one attached hydrogen (secondary N) is 1. The molecule has 5 nitrogen and oxygen atoms in total. The summed E-state index contributed by atoms with van der Waals surface area (Å²) in [4.78, 5) is 20.4. The Balaban J connectivity index is 1.75. The average molecular weight is 262 g/mol. The highest BCUT2D eigenvalue weighted by atomic mass is 16.2. The summed E-state index contributed by atoms with van der Waals surface area (Å²) >= 11 is 0. The molecule has 2 rings (SSSR count). The van der Waals surface area contributed by atoms with Crippen molar-refractivity contribution >= 4 is 6.03 Å². The molecule has 5 heteroatoms. The highest BCUT2D eigenvalue weighted by Crippen LogP contribution is 2.06. The lowest BCUT2D eigenvalue weighted by molar-refractivity contribution is 0.134. The van der Waals surface area contributed by atoms with Crippen molar-refractivity contribution < 1.29 is 4.79 Å². The largest absolute Gasteiger partial charge is 0.338 e. The van der Waals surface area contributed by atoms with E-state index < -0.39 is 0 Å². The molecule has 1 N–H and O–H groups in total. The predicted octanol–water partition coefficient (Wildman–Crippen LogP) is 1.32. The van der Waals surface area contributed by atoms with Crippen LogP contribution in [-0.2, 0) is 6.54 Å². The van der Waals surface area contributed by atoms with Gasteiger partial charge in [0.2, 0.25) is 0 Å². The van der Waals surface area contributed by atoms with E-state index in [9.17, 15) is 4.79 Å². The third kappa shape index (κ3) is 4.21. The smallest absolute Gasteiger partial charge is 0.317 e. The molecule has 19 heavy (non-hydrogen) atoms. The summed E-state index contributed by atoms with van der Waals surface area (Å²) in [5, 5.41) is 2.92. The maximum absolute atomic E-state index is 11.8. The standard InChI is InChI=1S/C14H22N4O/c1-2-6-16-14(19)18-10-8-17(9-11-18)12-13-5-3-4-7-15-13/h3-5,7H,2,6,8-12H2,1H3,(H,16,19). The van der Waals surface area contributed by atoms with Gasteiger partial charge in [-0.25, -0.2) is 4.79 Å². The van der Waals surface area contributed by atoms with E-state index in [1.54, 1.807) is 0 Å². The Morgan fingerprint density at radius 2 is 2.11 bits per heavy atom. The van der Waals surface area contributed by atoms with Gasteiger partial charge >= 0.3 is 6.03 Å². The van der Waals surface area contributed by atoms with E-state index in [-0.39, 0.29) is 6.03 Å². The molecular weight excluding hydrogens is 240 g/mol. The van der Waals surface area contributed by atoms with Gasteiger partial charge in [-0.15, -0.1) is 0 Å². The number of amides is 2. The summed E-state index contributed by atoms with van der Waals surface area (Å²) < 4.78 is 0. The Bertz CT molecular complexity index is 388. The van der Waals surface area contributed by atoms with E-state index in [0.29, 0.717) is 0 Å². The molecule has 0 aromatic carbocycles. The van der Waals surface area contributed by atoms with Crippen LogP contribution in [-0.4, -0.2) is 53.5 Å². The van der Waals surface area contributed by atoms with Crippen LogP contribution in [0.15, 0.2) is 24.4 Å². The third-order valence-electron chi connectivity index (χ3n) is 3.30. The summed E-state index contributed by atoms with van der Waals surface area (Å²) in [6.07, 6.45) is 2.80. The number of hydrogen-bond donors (Lipinski definition) is 1. The van der Waals surface area contributed by atoms with Crippen molar-refractivity contribution in [3.8, 4) is 0 Å². The fourth-order valence-corrected chi connectivity index (χ4v) is 2.17. The van der Waals surface area contributed by atoms with E-state index in [2.05, 4.69) is 22.1 Å². The molecule has 104 valence electrons. The minimum atomic E-state index is 0.0688. The average Bonchev–Trinajstić information content (AvgIpc) is 2.46. The number of carbonyl (C=O) groups is 1. The molecule has 1 aliphatic heterocycles. The van der Waals surface area contributed by atoms with Gasteiger partial charge in [0, 0.05) is 45.5 Å². The number of rotatable bonds is 4. The number of pyridine rings is 1. The Morgan fingerprint density at radius 3 is 2.74 bits per heavy atom. The summed E-state index contributed by atoms with van der Waals surface area (Å²) in [6.45, 7) is 7.10. The van der Waals surface area contributed by atoms with Gasteiger partial charge in [0.15, 0.2) is 0 Å². The van der Waals surface area contributed by atoms with Crippen LogP contribution in [0.5, 0.6) is 0 Å². The van der Waals surface area contributed by atoms with Gasteiger partial charge < -0.3 is 10.2 Å². The van der Waals surface area contributed by atoms with Crippen LogP contribution in [0.4, 0.5) is 4.79 Å². The lowest BCUT2D eigenvalue weighted by atomic mass is 10.3. The number of nitrogens with zero attached hydrogens (tertiary/aromatic N) is 3. The normalized spacial score (nSPS) is 16.4. The summed E-state index contributed by atoms with van der Waals surface area (Å²) in [5.74, 6) is 0. The van der Waals surface area contributed by atoms with Crippen molar-refractivity contribution in [2.75, 3.05) is 32.7 Å². The van der Waals surface area contributed by atoms with E-state index in [0.717, 1.165) is 51.4 Å². The molecule has 0 saturated carbocycles. The lowest BCUT2D eigenvalue weighted by Gasteiger charge is -2.34. The van der Waals surface area contributed by atoms with Gasteiger partial charge in [0.1, 0.15) is 0 Å². The lowest BCUT2D eigenvalue weighted by Crippen LogP contribution is -2.51. The Morgan fingerprint density at radius 1 is 1.32 bits per heavy atom. The monoisotopic (exact) mass is 262 g/mol. The molecule has 0 atom stereocenters. The van der Waals surface area contributed by atoms with Crippen molar-refractivity contribution in [1.82, 2.24) is 20.1 Å². The van der Waals surface area contributed by atoms with Crippen LogP contribution in [0.3, 0.4) is 0 Å². The molecule has 0 spiro atoms. The van der Waals surface area contributed by atoms with Crippen molar-refractivity contribution in [2.45, 2.75) is 19.9 Å². The molecule has 0 unspecified atom stereocenters. The Hall–Kier alpha value is -1.62. The second-order valence-electron chi connectivity index (χ2n) is 4.82. The topological polar surface area (TPSA) is 48.5 Å². The summed E-state index contributed by atoms with van der Waals surface area (Å²) in [5.41, 5.74) is 1.09. The van der Waals surface area contributed by atoms with Gasteiger partial charge in [-0.1, -0.05) is 13.0 Å². The number of aromatic nitrogens is 1. The van der Waals surface area contributed by atoms with Crippen LogP contribution >= 0.6 is 0 Å². The number of piperazine rings is 1. The summed E-state index contributed by atoms with van der Waals surface area (Å²) in [6, 6.07) is 6.05. The molecule has 2 amide bonds. The quantitative estimate of drug-likeness (QED) is 0.890. The number of carbonyl (C=O) groups excluding carboxylic acids is 1. The molecule has 0 radical (unpaired) electrons. The van der Waals surface area contributed by atoms with Gasteiger partial charge in [-0.3, -0.25) is 9.88 Å². The zero-order valence-corrected chi connectivity index (χ0v) is 11.5. The Labute approximate surface area is 114 Å². The van der Waals surface area contributed by atoms with Crippen LogP contribution in [0.25, 0.3) is 0 Å². The minimum absolute atomic E-state index is 0.0688. The van der Waals surface area contributed by atoms with Crippen molar-refractivity contribution in [2.24, 2.45) is 0 Å². The van der Waals surface area contributed by atoms with Gasteiger partial charge in [0.05, 0.1) is 5.69 Å². The molecule has 1 fully saturated rings. The predicted molar refractivity (Wildman–Crippen MR) is 74.8 cm³/mol. The van der Waals surface area contributed by atoms with Gasteiger partial charge in [-0.2, -0.15) is 0 Å². The number of urea groups is 1. The van der Waals surface area contributed by atoms with Crippen molar-refractivity contribution in [3.05, 3.63) is 30.1 Å². The zero-order valence-electron chi connectivity index (χ0n) is 11.5. The first-order valence-corrected chi connectivity index (χ1v) is 6.94. The number of hydrogen-bond acceptors (Lipinski definition) is 3. The van der Waals surface area contributed by atoms with Crippen molar-refractivity contribution in [1.29, 1.82) is 0 Å². The van der Waals surface area contributed by atoms with Crippen LogP contribution in [0.1, 0.15) is 19.0 Å². The van der Waals surface area contributed by atoms with E-state index >= 15 is 0 Å². The van der Waals surface area contributed by atoms with E-state index in [1.165, 1.54) is 0 Å². The molecule has 0 aliphatic carbocycles. The second-order valence-corrected chi connectivity index (χ2v) is 4.82. The first-order valence-electron chi connectivity index (χ1n) is 6.94. The minimum Gasteiger partial charge on any atom is -0.338 e. The fraction of sp³-hybridized carbons (Fsp3) is 0.571. The maximum atomic E-state index is 11.8. The van der Waals surface area contributed by atoms with E-state index in [1.807, 2.05) is 29.3 Å². The first kappa shape index (κ1) is 13.8. The zero-order chi connectivity index (χ0) is 13.5. The van der Waals surface area contributed by atoms with Crippen LogP contribution < -0.4 is 5.32 Å². The SMILES string of the molecule is CCCNC(=O)N1CCN(Cc2ccccn2)CC1. The van der Waals surface area contributed by atoms with Crippen LogP contribution in [0.2, 0.25) is 0 Å². The van der Waals surface area contributed by atoms with E-state index in [4.69, 9.17) is 0 Å². The van der Waals surface area contributed by atoms with Gasteiger partial charge in [-0.05, 0) is 18.6 Å². The highest BCUT2D eigenvalue weighted by Gasteiger charge is 2.20.